The molecule has 5 heteroatoms. The Kier molecular flexibility index (Phi) is 4.74. The summed E-state index contributed by atoms with van der Waals surface area (Å²) in [5.41, 5.74) is 6.74. The fourth-order valence-corrected chi connectivity index (χ4v) is 4.25. The average Bonchev–Trinajstić information content (AvgIpc) is 3.22. The molecule has 1 unspecified atom stereocenters. The van der Waals surface area contributed by atoms with Crippen molar-refractivity contribution >= 4 is 5.91 Å². The Hall–Kier alpha value is -3.34. The number of phenols is 1. The van der Waals surface area contributed by atoms with Crippen molar-refractivity contribution in [1.29, 1.82) is 0 Å². The number of carbonyl (C=O) groups excluding carboxylic acids is 1. The van der Waals surface area contributed by atoms with Gasteiger partial charge in [0.25, 0.3) is 5.91 Å². The molecule has 148 valence electrons. The predicted molar refractivity (Wildman–Crippen MR) is 114 cm³/mol. The number of carbonyl (C=O) groups is 1. The summed E-state index contributed by atoms with van der Waals surface area (Å²) < 4.78 is 0. The lowest BCUT2D eigenvalue weighted by Gasteiger charge is -2.25. The van der Waals surface area contributed by atoms with Crippen molar-refractivity contribution in [3.05, 3.63) is 82.6 Å². The minimum absolute atomic E-state index is 0.104. The molecule has 0 bridgehead atoms. The number of H-pyrrole nitrogens is 1. The van der Waals surface area contributed by atoms with Gasteiger partial charge >= 0.3 is 0 Å². The molecule has 1 amide bonds. The summed E-state index contributed by atoms with van der Waals surface area (Å²) in [6.07, 6.45) is 2.69. The molecule has 0 aliphatic carbocycles. The van der Waals surface area contributed by atoms with Gasteiger partial charge in [0.15, 0.2) is 0 Å². The molecule has 0 radical (unpaired) electrons. The maximum absolute atomic E-state index is 13.1. The zero-order chi connectivity index (χ0) is 20.7. The fourth-order valence-electron chi connectivity index (χ4n) is 4.25. The first-order chi connectivity index (χ1) is 14.0. The number of hydrogen-bond acceptors (Lipinski definition) is 3. The normalized spacial score (nSPS) is 15.6. The molecule has 1 aliphatic heterocycles. The van der Waals surface area contributed by atoms with Gasteiger partial charge in [-0.25, -0.2) is 0 Å². The van der Waals surface area contributed by atoms with Crippen LogP contribution in [0.2, 0.25) is 0 Å². The summed E-state index contributed by atoms with van der Waals surface area (Å²) in [6, 6.07) is 11.8. The third kappa shape index (κ3) is 3.03. The van der Waals surface area contributed by atoms with Crippen LogP contribution in [0.1, 0.15) is 51.3 Å². The number of amides is 1. The van der Waals surface area contributed by atoms with Gasteiger partial charge in [-0.2, -0.15) is 5.10 Å². The second-order valence-corrected chi connectivity index (χ2v) is 7.58. The molecule has 5 nitrogen and oxygen atoms in total. The van der Waals surface area contributed by atoms with Crippen LogP contribution in [0.3, 0.4) is 0 Å². The zero-order valence-electron chi connectivity index (χ0n) is 17.0. The second kappa shape index (κ2) is 7.24. The molecule has 2 N–H and O–H groups in total. The molecule has 0 spiro atoms. The van der Waals surface area contributed by atoms with Crippen LogP contribution < -0.4 is 0 Å². The van der Waals surface area contributed by atoms with Crippen molar-refractivity contribution in [2.75, 3.05) is 6.54 Å². The molecular weight excluding hydrogens is 362 g/mol. The first-order valence-corrected chi connectivity index (χ1v) is 9.85. The summed E-state index contributed by atoms with van der Waals surface area (Å²) in [4.78, 5) is 14.9. The van der Waals surface area contributed by atoms with Crippen molar-refractivity contribution in [2.45, 2.75) is 33.2 Å². The lowest BCUT2D eigenvalue weighted by Crippen LogP contribution is -2.29. The summed E-state index contributed by atoms with van der Waals surface area (Å²) in [5, 5.41) is 18.1. The molecule has 1 aliphatic rings. The highest BCUT2D eigenvalue weighted by atomic mass is 16.3. The van der Waals surface area contributed by atoms with Crippen molar-refractivity contribution in [1.82, 2.24) is 15.1 Å². The second-order valence-electron chi connectivity index (χ2n) is 7.58. The van der Waals surface area contributed by atoms with Crippen molar-refractivity contribution in [3.63, 3.8) is 0 Å². The van der Waals surface area contributed by atoms with E-state index in [2.05, 4.69) is 48.0 Å². The van der Waals surface area contributed by atoms with Gasteiger partial charge in [0.2, 0.25) is 0 Å². The van der Waals surface area contributed by atoms with Gasteiger partial charge in [0, 0.05) is 17.7 Å². The average molecular weight is 387 g/mol. The van der Waals surface area contributed by atoms with Crippen LogP contribution in [-0.2, 0) is 6.42 Å². The van der Waals surface area contributed by atoms with Crippen LogP contribution in [0.4, 0.5) is 0 Å². The molecule has 0 saturated carbocycles. The van der Waals surface area contributed by atoms with Gasteiger partial charge in [0.1, 0.15) is 17.1 Å². The summed E-state index contributed by atoms with van der Waals surface area (Å²) in [5.74, 6) is 0.0685. The highest BCUT2D eigenvalue weighted by molar-refractivity contribution is 6.00. The van der Waals surface area contributed by atoms with E-state index in [0.29, 0.717) is 23.5 Å². The van der Waals surface area contributed by atoms with Crippen LogP contribution in [0.5, 0.6) is 5.75 Å². The standard InChI is InChI=1S/C24H25N3O2/c1-5-11-27-23(17-9-7-16(6-2)8-10-17)20-21(25-26-22(20)24(27)29)19-15(4)12-14(3)13-18(19)28/h5,7-10,12-13,23,28H,1,6,11H2,2-4H3,(H,25,26). The zero-order valence-corrected chi connectivity index (χ0v) is 17.0. The van der Waals surface area contributed by atoms with Crippen LogP contribution in [0.15, 0.2) is 49.1 Å². The van der Waals surface area contributed by atoms with Crippen molar-refractivity contribution in [2.24, 2.45) is 0 Å². The van der Waals surface area contributed by atoms with Gasteiger partial charge in [-0.15, -0.1) is 6.58 Å². The van der Waals surface area contributed by atoms with Crippen LogP contribution >= 0.6 is 0 Å². The summed E-state index contributed by atoms with van der Waals surface area (Å²) in [6.45, 7) is 10.3. The SMILES string of the molecule is C=CCN1C(=O)c2[nH]nc(-c3c(C)cc(C)cc3O)c2C1c1ccc(CC)cc1. The molecule has 2 aromatic carbocycles. The number of rotatable bonds is 5. The van der Waals surface area contributed by atoms with E-state index in [4.69, 9.17) is 0 Å². The Balaban J connectivity index is 1.93. The Morgan fingerprint density at radius 3 is 2.59 bits per heavy atom. The molecule has 3 aromatic rings. The van der Waals surface area contributed by atoms with Gasteiger partial charge in [0.05, 0.1) is 6.04 Å². The van der Waals surface area contributed by atoms with E-state index in [-0.39, 0.29) is 17.7 Å². The van der Waals surface area contributed by atoms with E-state index in [1.54, 1.807) is 17.0 Å². The van der Waals surface area contributed by atoms with Gasteiger partial charge in [-0.05, 0) is 48.6 Å². The Labute approximate surface area is 170 Å². The first-order valence-electron chi connectivity index (χ1n) is 9.85. The number of aromatic nitrogens is 2. The van der Waals surface area contributed by atoms with Crippen LogP contribution in [-0.4, -0.2) is 32.7 Å². The van der Waals surface area contributed by atoms with Gasteiger partial charge in [-0.3, -0.25) is 9.89 Å². The van der Waals surface area contributed by atoms with E-state index in [0.717, 1.165) is 28.7 Å². The van der Waals surface area contributed by atoms with Crippen LogP contribution in [0, 0.1) is 13.8 Å². The minimum atomic E-state index is -0.282. The molecule has 29 heavy (non-hydrogen) atoms. The van der Waals surface area contributed by atoms with Gasteiger partial charge < -0.3 is 10.0 Å². The number of aromatic amines is 1. The molecule has 0 saturated heterocycles. The molecule has 4 rings (SSSR count). The molecule has 1 aromatic heterocycles. The highest BCUT2D eigenvalue weighted by Crippen LogP contribution is 2.45. The van der Waals surface area contributed by atoms with Crippen LogP contribution in [0.25, 0.3) is 11.3 Å². The number of benzene rings is 2. The van der Waals surface area contributed by atoms with Gasteiger partial charge in [-0.1, -0.05) is 43.3 Å². The van der Waals surface area contributed by atoms with E-state index < -0.39 is 0 Å². The Morgan fingerprint density at radius 1 is 1.24 bits per heavy atom. The lowest BCUT2D eigenvalue weighted by molar-refractivity contribution is 0.0764. The number of aromatic hydroxyl groups is 1. The topological polar surface area (TPSA) is 69.2 Å². The maximum atomic E-state index is 13.1. The number of phenolic OH excluding ortho intramolecular Hbond substituents is 1. The third-order valence-electron chi connectivity index (χ3n) is 5.59. The smallest absolute Gasteiger partial charge is 0.273 e. The summed E-state index contributed by atoms with van der Waals surface area (Å²) >= 11 is 0. The van der Waals surface area contributed by atoms with E-state index >= 15 is 0 Å². The van der Waals surface area contributed by atoms with E-state index in [9.17, 15) is 9.90 Å². The first kappa shape index (κ1) is 19.0. The molecule has 1 atom stereocenters. The maximum Gasteiger partial charge on any atom is 0.273 e. The molecule has 2 heterocycles. The number of hydrogen-bond donors (Lipinski definition) is 2. The lowest BCUT2D eigenvalue weighted by atomic mass is 9.92. The number of nitrogens with zero attached hydrogens (tertiary/aromatic N) is 2. The van der Waals surface area contributed by atoms with E-state index in [1.807, 2.05) is 19.9 Å². The predicted octanol–water partition coefficient (Wildman–Crippen LogP) is 4.69. The number of fused-ring (bicyclic) bond motifs is 1. The monoisotopic (exact) mass is 387 g/mol. The highest BCUT2D eigenvalue weighted by Gasteiger charge is 2.42. The fraction of sp³-hybridized carbons (Fsp3) is 0.250. The van der Waals surface area contributed by atoms with Crippen molar-refractivity contribution in [3.8, 4) is 17.0 Å². The van der Waals surface area contributed by atoms with E-state index in [1.165, 1.54) is 5.56 Å². The molecular formula is C24H25N3O2. The summed E-state index contributed by atoms with van der Waals surface area (Å²) in [7, 11) is 0. The quantitative estimate of drug-likeness (QED) is 0.624. The minimum Gasteiger partial charge on any atom is -0.507 e. The van der Waals surface area contributed by atoms with Crippen molar-refractivity contribution < 1.29 is 9.90 Å². The molecule has 0 fully saturated rings. The Bertz CT molecular complexity index is 1070. The Morgan fingerprint density at radius 2 is 1.97 bits per heavy atom. The number of nitrogens with one attached hydrogen (secondary N) is 1. The number of aryl methyl sites for hydroxylation is 3. The third-order valence-corrected chi connectivity index (χ3v) is 5.59. The largest absolute Gasteiger partial charge is 0.507 e.